The van der Waals surface area contributed by atoms with Crippen molar-refractivity contribution in [1.82, 2.24) is 40.2 Å². The molecule has 1 aliphatic carbocycles. The largest absolute Gasteiger partial charge is 0.491 e. The molecule has 139 heavy (non-hydrogen) atoms. The van der Waals surface area contributed by atoms with Gasteiger partial charge in [0.05, 0.1) is 177 Å². The van der Waals surface area contributed by atoms with E-state index in [2.05, 4.69) is 249 Å². The normalized spacial score (nSPS) is 18.3. The highest BCUT2D eigenvalue weighted by Gasteiger charge is 2.58. The van der Waals surface area contributed by atoms with Crippen molar-refractivity contribution in [2.45, 2.75) is 236 Å². The molecule has 0 saturated heterocycles. The van der Waals surface area contributed by atoms with E-state index in [1.54, 1.807) is 4.90 Å². The van der Waals surface area contributed by atoms with E-state index in [1.165, 1.54) is 45.9 Å². The first-order valence-corrected chi connectivity index (χ1v) is 50.9. The molecule has 29 heteroatoms. The lowest BCUT2D eigenvalue weighted by Gasteiger charge is -2.54. The van der Waals surface area contributed by atoms with Gasteiger partial charge in [0.15, 0.2) is 0 Å². The molecule has 2 N–H and O–H groups in total. The SMILES string of the molecule is C#C/C1=C(\C=C/C)c2nnn(CCOCCOCCOCCOc3ccc4c(c3)N(C(C)C)C(C3CCCCC(C5N(C(C)C)c6ccc(OCCOCCOCCOCCn7nnc8c7-c7ccccc7CNc7ccccc7-8)cc6N5C(C)C)C3C3N(C(C)C)c5ccc(OCCOCCOCCOCCC)cc5N3C(C)C)N4C(C)C)c2-c2ccccc2CN1C(=O)CCCCC(=O)NC=C. The highest BCUT2D eigenvalue weighted by Crippen LogP contribution is 2.59. The number of nitrogens with zero attached hydrogens (tertiary/aromatic N) is 13. The van der Waals surface area contributed by atoms with Crippen LogP contribution in [0.4, 0.5) is 39.8 Å². The third-order valence-corrected chi connectivity index (χ3v) is 26.8. The molecule has 8 aromatic rings. The zero-order valence-corrected chi connectivity index (χ0v) is 84.6. The minimum absolute atomic E-state index is 0.0146. The van der Waals surface area contributed by atoms with E-state index >= 15 is 0 Å². The average Bonchev–Trinajstić information content (AvgIpc) is 1.54. The Bertz CT molecular complexity index is 5390. The Morgan fingerprint density at radius 1 is 0.460 bits per heavy atom. The van der Waals surface area contributed by atoms with Gasteiger partial charge >= 0.3 is 0 Å². The number of hydrogen-bond donors (Lipinski definition) is 2. The molecule has 6 atom stereocenters. The molecule has 0 radical (unpaired) electrons. The zero-order valence-electron chi connectivity index (χ0n) is 84.6. The molecule has 1 fully saturated rings. The fourth-order valence-corrected chi connectivity index (χ4v) is 21.1. The van der Waals surface area contributed by atoms with Gasteiger partial charge in [0.1, 0.15) is 72.7 Å². The Morgan fingerprint density at radius 2 is 0.842 bits per heavy atom. The van der Waals surface area contributed by atoms with Gasteiger partial charge in [-0.3, -0.25) is 9.59 Å². The minimum atomic E-state index is -0.137. The molecule has 14 rings (SSSR count). The Balaban J connectivity index is 0.628. The highest BCUT2D eigenvalue weighted by atomic mass is 16.6. The number of benzene rings is 6. The van der Waals surface area contributed by atoms with Gasteiger partial charge in [-0.2, -0.15) is 0 Å². The number of fused-ring (bicyclic) bond motifs is 11. The summed E-state index contributed by atoms with van der Waals surface area (Å²) in [6, 6.07) is 45.8. The van der Waals surface area contributed by atoms with Gasteiger partial charge < -0.3 is 102 Å². The number of ether oxygens (including phenoxy) is 12. The van der Waals surface area contributed by atoms with Gasteiger partial charge in [0, 0.05) is 126 Å². The molecule has 1 saturated carbocycles. The molecule has 750 valence electrons. The van der Waals surface area contributed by atoms with Crippen LogP contribution in [-0.4, -0.2) is 240 Å². The van der Waals surface area contributed by atoms with E-state index in [0.29, 0.717) is 188 Å². The summed E-state index contributed by atoms with van der Waals surface area (Å²) in [4.78, 5) is 44.4. The summed E-state index contributed by atoms with van der Waals surface area (Å²) in [7, 11) is 0. The Labute approximate surface area is 824 Å². The molecule has 6 aromatic carbocycles. The lowest BCUT2D eigenvalue weighted by molar-refractivity contribution is -0.130. The number of aromatic nitrogens is 6. The number of anilines is 7. The van der Waals surface area contributed by atoms with E-state index in [9.17, 15) is 9.59 Å². The number of rotatable bonds is 54. The summed E-state index contributed by atoms with van der Waals surface area (Å²) in [5, 5.41) is 24.8. The van der Waals surface area contributed by atoms with Crippen molar-refractivity contribution < 1.29 is 66.4 Å². The Kier molecular flexibility index (Phi) is 38.4. The lowest BCUT2D eigenvalue weighted by atomic mass is 9.72. The van der Waals surface area contributed by atoms with Crippen LogP contribution in [0.1, 0.15) is 172 Å². The second kappa shape index (κ2) is 51.4. The van der Waals surface area contributed by atoms with Crippen LogP contribution in [-0.2, 0) is 78.4 Å². The first kappa shape index (κ1) is 104. The second-order valence-corrected chi connectivity index (χ2v) is 38.0. The minimum Gasteiger partial charge on any atom is -0.491 e. The molecule has 0 spiro atoms. The second-order valence-electron chi connectivity index (χ2n) is 38.0. The van der Waals surface area contributed by atoms with Crippen LogP contribution < -0.4 is 54.2 Å². The molecule has 2 aromatic heterocycles. The van der Waals surface area contributed by atoms with Crippen LogP contribution >= 0.6 is 0 Å². The van der Waals surface area contributed by atoms with E-state index in [-0.39, 0.29) is 97.3 Å². The predicted octanol–water partition coefficient (Wildman–Crippen LogP) is 18.1. The number of unbranched alkanes of at least 4 members (excludes halogenated alkanes) is 1. The lowest BCUT2D eigenvalue weighted by Crippen LogP contribution is -2.65. The summed E-state index contributed by atoms with van der Waals surface area (Å²) in [5.74, 6) is 5.39. The fraction of sp³-hybridized carbons (Fsp3) is 0.545. The Morgan fingerprint density at radius 3 is 1.29 bits per heavy atom. The number of nitrogens with one attached hydrogen (secondary N) is 2. The van der Waals surface area contributed by atoms with Crippen molar-refractivity contribution in [2.24, 2.45) is 17.8 Å². The highest BCUT2D eigenvalue weighted by molar-refractivity contribution is 5.92. The van der Waals surface area contributed by atoms with E-state index in [4.69, 9.17) is 68.4 Å². The number of hydrogen-bond acceptors (Lipinski definition) is 25. The van der Waals surface area contributed by atoms with E-state index in [1.807, 2.05) is 64.8 Å². The molecular weight excluding hydrogens is 1760 g/mol. The van der Waals surface area contributed by atoms with Gasteiger partial charge in [-0.25, -0.2) is 9.36 Å². The van der Waals surface area contributed by atoms with Crippen LogP contribution in [0.25, 0.3) is 39.3 Å². The van der Waals surface area contributed by atoms with Crippen LogP contribution in [0.5, 0.6) is 17.2 Å². The smallest absolute Gasteiger partial charge is 0.227 e. The molecule has 7 heterocycles. The monoisotopic (exact) mass is 1910 g/mol. The quantitative estimate of drug-likeness (QED) is 0.0204. The summed E-state index contributed by atoms with van der Waals surface area (Å²) in [6.07, 6.45) is 18.1. The van der Waals surface area contributed by atoms with Gasteiger partial charge in [0.2, 0.25) is 11.8 Å². The van der Waals surface area contributed by atoms with Gasteiger partial charge in [-0.1, -0.05) is 122 Å². The van der Waals surface area contributed by atoms with Crippen molar-refractivity contribution in [1.29, 1.82) is 0 Å². The number of carbonyl (C=O) groups is 2. The summed E-state index contributed by atoms with van der Waals surface area (Å²) in [5.41, 5.74) is 17.7. The van der Waals surface area contributed by atoms with Gasteiger partial charge in [0.25, 0.3) is 0 Å². The number of allylic oxidation sites excluding steroid dienone is 4. The molecule has 2 amide bonds. The van der Waals surface area contributed by atoms with Crippen molar-refractivity contribution in [3.8, 4) is 63.4 Å². The standard InChI is InChI=1S/C110H151N15O14/c1-17-31-90-94(19-3)117(102(127)41-30-29-40-101(126)111-20-4)75-83-33-22-24-35-88(83)107-105(90)114-116-119(107)49-52-130-55-58-133-61-64-136-66-69-138-85-43-46-96-99(72-85)124(80(13)14)109(121(96)77(7)8)92-38-26-25-37-91(103(92)110-122(78(9)10)97-47-44-86(73-100(97)125(110)81(15)16)139-70-67-134-62-59-131-56-53-128-50-18-2)108-120(76(5)6)95-45-42-84(71-98(95)123(108)79(11)12)137-68-65-135-63-60-132-57-54-129-51-48-118-106-87-34-23-21-32-82(87)74-112-93-39-28-27-36-89(93)104(106)113-115-118/h3,17,20-24,27-28,31-36,39,42-47,71-73,76-81,91-92,103,108-110,112H,4,18,25-26,29-30,37-38,40-41,48-70,74-75H2,1-2,5-16H3,(H,111,126)/b31-17-,94-90-. The summed E-state index contributed by atoms with van der Waals surface area (Å²) < 4.78 is 78.1. The first-order valence-electron chi connectivity index (χ1n) is 50.9. The number of terminal acetylenes is 1. The third kappa shape index (κ3) is 25.1. The Hall–Kier alpha value is -11.0. The van der Waals surface area contributed by atoms with Crippen LogP contribution in [0, 0.1) is 30.1 Å². The van der Waals surface area contributed by atoms with Crippen molar-refractivity contribution in [3.05, 3.63) is 175 Å². The molecule has 6 aliphatic rings. The number of para-hydroxylation sites is 1. The third-order valence-electron chi connectivity index (χ3n) is 26.8. The van der Waals surface area contributed by atoms with Crippen LogP contribution in [0.15, 0.2) is 158 Å². The van der Waals surface area contributed by atoms with Gasteiger partial charge in [-0.15, -0.1) is 16.6 Å². The summed E-state index contributed by atoms with van der Waals surface area (Å²) in [6.45, 7) is 47.5. The summed E-state index contributed by atoms with van der Waals surface area (Å²) >= 11 is 0. The molecule has 5 aliphatic heterocycles. The number of amides is 2. The average molecular weight is 1910 g/mol. The maximum atomic E-state index is 14.0. The predicted molar refractivity (Wildman–Crippen MR) is 551 cm³/mol. The molecule has 0 bridgehead atoms. The van der Waals surface area contributed by atoms with E-state index in [0.717, 1.165) is 101 Å². The van der Waals surface area contributed by atoms with Crippen molar-refractivity contribution in [2.75, 3.05) is 173 Å². The van der Waals surface area contributed by atoms with Gasteiger partial charge in [-0.05, 0) is 182 Å². The maximum Gasteiger partial charge on any atom is 0.227 e. The first-order chi connectivity index (χ1) is 67.8. The molecular formula is C110H151N15O14. The topological polar surface area (TPSA) is 253 Å². The van der Waals surface area contributed by atoms with Crippen molar-refractivity contribution >= 4 is 57.2 Å². The maximum absolute atomic E-state index is 14.0. The fourth-order valence-electron chi connectivity index (χ4n) is 21.1. The molecule has 29 nitrogen and oxygen atoms in total. The molecule has 6 unspecified atom stereocenters. The van der Waals surface area contributed by atoms with Crippen molar-refractivity contribution in [3.63, 3.8) is 0 Å². The van der Waals surface area contributed by atoms with E-state index < -0.39 is 0 Å². The van der Waals surface area contributed by atoms with Crippen LogP contribution in [0.3, 0.4) is 0 Å². The van der Waals surface area contributed by atoms with Crippen LogP contribution in [0.2, 0.25) is 0 Å². The number of carbonyl (C=O) groups excluding carboxylic acids is 2. The zero-order chi connectivity index (χ0) is 97.9.